The molecule has 0 bridgehead atoms. The van der Waals surface area contributed by atoms with E-state index in [1.54, 1.807) is 41.3 Å². The van der Waals surface area contributed by atoms with Gasteiger partial charge < -0.3 is 5.32 Å². The molecule has 110 valence electrons. The second-order valence-electron chi connectivity index (χ2n) is 4.68. The lowest BCUT2D eigenvalue weighted by Crippen LogP contribution is -2.34. The SMILES string of the molecule is CC(=O)Nc1ccccc1-[n+]1cc(=O)n(-c2cccnc2)[nH]1. The predicted molar refractivity (Wildman–Crippen MR) is 80.0 cm³/mol. The molecule has 1 aromatic carbocycles. The van der Waals surface area contributed by atoms with Gasteiger partial charge in [0.2, 0.25) is 12.1 Å². The number of aromatic nitrogens is 4. The fourth-order valence-electron chi connectivity index (χ4n) is 2.13. The van der Waals surface area contributed by atoms with Gasteiger partial charge in [0.05, 0.1) is 11.9 Å². The Hall–Kier alpha value is -3.22. The van der Waals surface area contributed by atoms with Gasteiger partial charge in [-0.3, -0.25) is 9.78 Å². The van der Waals surface area contributed by atoms with Crippen molar-refractivity contribution in [2.24, 2.45) is 0 Å². The molecule has 2 heterocycles. The first kappa shape index (κ1) is 13.7. The van der Waals surface area contributed by atoms with E-state index in [2.05, 4.69) is 15.5 Å². The summed E-state index contributed by atoms with van der Waals surface area (Å²) >= 11 is 0. The molecule has 0 fully saturated rings. The van der Waals surface area contributed by atoms with E-state index in [0.717, 1.165) is 0 Å². The molecule has 1 amide bonds. The first-order valence-corrected chi connectivity index (χ1v) is 6.66. The molecular formula is C15H14N5O2+. The summed E-state index contributed by atoms with van der Waals surface area (Å²) in [5.74, 6) is -0.179. The summed E-state index contributed by atoms with van der Waals surface area (Å²) in [6, 6.07) is 10.7. The molecule has 0 saturated heterocycles. The van der Waals surface area contributed by atoms with E-state index < -0.39 is 0 Å². The molecule has 22 heavy (non-hydrogen) atoms. The molecule has 0 spiro atoms. The Morgan fingerprint density at radius 3 is 2.82 bits per heavy atom. The fraction of sp³-hybridized carbons (Fsp3) is 0.0667. The standard InChI is InChI=1S/C15H13N5O2/c1-11(21)17-13-6-2-3-7-14(13)19-10-15(22)20(18-19)12-5-4-8-16-9-12/h2-10H,1H3,(H-,17,18,21,22)/p+1. The van der Waals surface area contributed by atoms with Crippen LogP contribution < -0.4 is 15.6 Å². The minimum atomic E-state index is -0.231. The highest BCUT2D eigenvalue weighted by Gasteiger charge is 2.17. The predicted octanol–water partition coefficient (Wildman–Crippen LogP) is 0.796. The average Bonchev–Trinajstić information content (AvgIpc) is 2.90. The summed E-state index contributed by atoms with van der Waals surface area (Å²) in [5.41, 5.74) is 1.67. The number of para-hydroxylation sites is 2. The van der Waals surface area contributed by atoms with Gasteiger partial charge in [-0.05, 0) is 24.3 Å². The topological polar surface area (TPSA) is 83.7 Å². The molecule has 7 nitrogen and oxygen atoms in total. The van der Waals surface area contributed by atoms with Gasteiger partial charge in [-0.1, -0.05) is 22.0 Å². The van der Waals surface area contributed by atoms with Crippen molar-refractivity contribution in [3.8, 4) is 11.4 Å². The van der Waals surface area contributed by atoms with Crippen LogP contribution in [0.15, 0.2) is 59.8 Å². The number of H-pyrrole nitrogens is 1. The van der Waals surface area contributed by atoms with Crippen LogP contribution in [0.2, 0.25) is 0 Å². The lowest BCUT2D eigenvalue weighted by atomic mass is 10.2. The highest BCUT2D eigenvalue weighted by molar-refractivity contribution is 5.90. The maximum absolute atomic E-state index is 12.1. The maximum Gasteiger partial charge on any atom is 0.398 e. The number of hydrogen-bond acceptors (Lipinski definition) is 3. The van der Waals surface area contributed by atoms with E-state index in [0.29, 0.717) is 17.1 Å². The summed E-state index contributed by atoms with van der Waals surface area (Å²) in [5, 5.41) is 5.69. The zero-order valence-corrected chi connectivity index (χ0v) is 11.9. The second-order valence-corrected chi connectivity index (χ2v) is 4.68. The Morgan fingerprint density at radius 2 is 2.09 bits per heavy atom. The Balaban J connectivity index is 2.08. The van der Waals surface area contributed by atoms with Crippen molar-refractivity contribution in [3.63, 3.8) is 0 Å². The van der Waals surface area contributed by atoms with E-state index in [9.17, 15) is 9.59 Å². The normalized spacial score (nSPS) is 10.4. The molecule has 2 aromatic heterocycles. The van der Waals surface area contributed by atoms with Crippen molar-refractivity contribution < 1.29 is 9.48 Å². The number of carbonyl (C=O) groups excluding carboxylic acids is 1. The van der Waals surface area contributed by atoms with Crippen LogP contribution in [-0.4, -0.2) is 20.8 Å². The number of anilines is 1. The minimum absolute atomic E-state index is 0.179. The smallest absolute Gasteiger partial charge is 0.323 e. The van der Waals surface area contributed by atoms with E-state index in [-0.39, 0.29) is 11.5 Å². The molecule has 3 aromatic rings. The van der Waals surface area contributed by atoms with Crippen LogP contribution in [0.3, 0.4) is 0 Å². The van der Waals surface area contributed by atoms with E-state index >= 15 is 0 Å². The molecule has 0 aliphatic rings. The van der Waals surface area contributed by atoms with Crippen molar-refractivity contribution in [2.45, 2.75) is 6.92 Å². The lowest BCUT2D eigenvalue weighted by molar-refractivity contribution is -0.660. The van der Waals surface area contributed by atoms with Gasteiger partial charge in [0.25, 0.3) is 0 Å². The minimum Gasteiger partial charge on any atom is -0.323 e. The van der Waals surface area contributed by atoms with Crippen molar-refractivity contribution in [3.05, 3.63) is 65.3 Å². The quantitative estimate of drug-likeness (QED) is 0.701. The Kier molecular flexibility index (Phi) is 3.53. The van der Waals surface area contributed by atoms with Gasteiger partial charge >= 0.3 is 5.56 Å². The van der Waals surface area contributed by atoms with Gasteiger partial charge in [-0.15, -0.1) is 4.68 Å². The number of benzene rings is 1. The molecule has 0 atom stereocenters. The molecule has 0 saturated carbocycles. The van der Waals surface area contributed by atoms with Gasteiger partial charge in [-0.2, -0.15) is 0 Å². The molecule has 0 aliphatic carbocycles. The first-order valence-electron chi connectivity index (χ1n) is 6.66. The number of amides is 1. The summed E-state index contributed by atoms with van der Waals surface area (Å²) in [7, 11) is 0. The molecular weight excluding hydrogens is 282 g/mol. The van der Waals surface area contributed by atoms with Crippen LogP contribution in [0, 0.1) is 0 Å². The largest absolute Gasteiger partial charge is 0.398 e. The average molecular weight is 296 g/mol. The van der Waals surface area contributed by atoms with Gasteiger partial charge in [-0.25, -0.2) is 4.79 Å². The van der Waals surface area contributed by atoms with Crippen molar-refractivity contribution in [1.29, 1.82) is 0 Å². The Labute approximate surface area is 125 Å². The summed E-state index contributed by atoms with van der Waals surface area (Å²) in [6.45, 7) is 1.44. The molecule has 0 unspecified atom stereocenters. The Morgan fingerprint density at radius 1 is 1.27 bits per heavy atom. The molecule has 2 N–H and O–H groups in total. The third kappa shape index (κ3) is 2.64. The maximum atomic E-state index is 12.1. The number of nitrogens with one attached hydrogen (secondary N) is 2. The molecule has 0 aliphatic heterocycles. The third-order valence-electron chi connectivity index (χ3n) is 3.05. The van der Waals surface area contributed by atoms with Crippen molar-refractivity contribution in [1.82, 2.24) is 14.9 Å². The summed E-state index contributed by atoms with van der Waals surface area (Å²) < 4.78 is 2.93. The number of hydrogen-bond donors (Lipinski definition) is 2. The van der Waals surface area contributed by atoms with E-state index in [4.69, 9.17) is 0 Å². The van der Waals surface area contributed by atoms with Crippen molar-refractivity contribution in [2.75, 3.05) is 5.32 Å². The second kappa shape index (κ2) is 5.65. The number of nitrogens with zero attached hydrogens (tertiary/aromatic N) is 3. The van der Waals surface area contributed by atoms with Gasteiger partial charge in [0, 0.05) is 13.1 Å². The van der Waals surface area contributed by atoms with E-state index in [1.165, 1.54) is 17.8 Å². The monoisotopic (exact) mass is 296 g/mol. The van der Waals surface area contributed by atoms with Crippen LogP contribution in [0.25, 0.3) is 11.4 Å². The first-order chi connectivity index (χ1) is 10.6. The van der Waals surface area contributed by atoms with Crippen LogP contribution in [0.5, 0.6) is 0 Å². The fourth-order valence-corrected chi connectivity index (χ4v) is 2.13. The third-order valence-corrected chi connectivity index (χ3v) is 3.05. The Bertz CT molecular complexity index is 867. The number of rotatable bonds is 3. The van der Waals surface area contributed by atoms with Crippen LogP contribution in [-0.2, 0) is 4.79 Å². The lowest BCUT2D eigenvalue weighted by Gasteiger charge is -2.05. The molecule has 7 heteroatoms. The number of carbonyl (C=O) groups is 1. The zero-order chi connectivity index (χ0) is 15.5. The van der Waals surface area contributed by atoms with Gasteiger partial charge in [0.1, 0.15) is 0 Å². The van der Waals surface area contributed by atoms with Crippen LogP contribution >= 0.6 is 0 Å². The number of aromatic amines is 1. The van der Waals surface area contributed by atoms with E-state index in [1.807, 2.05) is 12.1 Å². The zero-order valence-electron chi connectivity index (χ0n) is 11.9. The highest BCUT2D eigenvalue weighted by atomic mass is 16.1. The number of pyridine rings is 1. The van der Waals surface area contributed by atoms with Crippen LogP contribution in [0.1, 0.15) is 6.92 Å². The summed E-state index contributed by atoms with van der Waals surface area (Å²) in [6.07, 6.45) is 4.63. The van der Waals surface area contributed by atoms with Gasteiger partial charge in [0.15, 0.2) is 11.4 Å². The molecule has 0 radical (unpaired) electrons. The van der Waals surface area contributed by atoms with Crippen molar-refractivity contribution >= 4 is 11.6 Å². The molecule has 3 rings (SSSR count). The summed E-state index contributed by atoms with van der Waals surface area (Å²) in [4.78, 5) is 27.4. The van der Waals surface area contributed by atoms with Crippen LogP contribution in [0.4, 0.5) is 5.69 Å². The highest BCUT2D eigenvalue weighted by Crippen LogP contribution is 2.13.